The highest BCUT2D eigenvalue weighted by Crippen LogP contribution is 2.19. The Kier molecular flexibility index (Phi) is 7.75. The normalized spacial score (nSPS) is 11.5. The van der Waals surface area contributed by atoms with Crippen molar-refractivity contribution in [1.29, 1.82) is 0 Å². The van der Waals surface area contributed by atoms with Crippen LogP contribution in [0.3, 0.4) is 0 Å². The quantitative estimate of drug-likeness (QED) is 0.574. The molecule has 0 amide bonds. The Hall–Kier alpha value is -1.76. The highest BCUT2D eigenvalue weighted by molar-refractivity contribution is 7.91. The molecule has 0 saturated carbocycles. The molecular formula is C19H24ClNO4S. The van der Waals surface area contributed by atoms with Crippen molar-refractivity contribution in [3.8, 4) is 11.5 Å². The van der Waals surface area contributed by atoms with Crippen molar-refractivity contribution in [1.82, 2.24) is 4.90 Å². The summed E-state index contributed by atoms with van der Waals surface area (Å²) < 4.78 is 35.6. The smallest absolute Gasteiger partial charge is 0.179 e. The minimum Gasteiger partial charge on any atom is -0.497 e. The number of halogens is 1. The zero-order chi connectivity index (χ0) is 19.0. The summed E-state index contributed by atoms with van der Waals surface area (Å²) in [6.45, 7) is 1.75. The molecule has 0 radical (unpaired) electrons. The summed E-state index contributed by atoms with van der Waals surface area (Å²) in [5.41, 5.74) is 0. The van der Waals surface area contributed by atoms with Gasteiger partial charge in [-0.25, -0.2) is 8.42 Å². The Balaban J connectivity index is 1.74. The predicted octanol–water partition coefficient (Wildman–Crippen LogP) is 3.52. The number of benzene rings is 2. The second kappa shape index (κ2) is 9.80. The standard InChI is InChI=1S/C19H24ClNO4S/c1-21(10-5-12-25-18-8-3-6-16(20)14-18)11-13-26(22,23)19-9-4-7-17(15-19)24-2/h3-4,6-9,14-15H,5,10-13H2,1-2H3. The van der Waals surface area contributed by atoms with Crippen LogP contribution in [0.4, 0.5) is 0 Å². The Labute approximate surface area is 160 Å². The van der Waals surface area contributed by atoms with Gasteiger partial charge in [0.1, 0.15) is 11.5 Å². The van der Waals surface area contributed by atoms with Crippen molar-refractivity contribution in [3.63, 3.8) is 0 Å². The van der Waals surface area contributed by atoms with Crippen LogP contribution in [-0.2, 0) is 9.84 Å². The molecule has 0 bridgehead atoms. The molecule has 2 aromatic rings. The van der Waals surface area contributed by atoms with Gasteiger partial charge in [-0.15, -0.1) is 0 Å². The molecule has 26 heavy (non-hydrogen) atoms. The maximum absolute atomic E-state index is 12.4. The molecule has 2 aromatic carbocycles. The third kappa shape index (κ3) is 6.52. The summed E-state index contributed by atoms with van der Waals surface area (Å²) in [5, 5.41) is 0.641. The average Bonchev–Trinajstić information content (AvgIpc) is 2.64. The highest BCUT2D eigenvalue weighted by Gasteiger charge is 2.16. The fourth-order valence-electron chi connectivity index (χ4n) is 2.38. The van der Waals surface area contributed by atoms with Crippen molar-refractivity contribution in [2.45, 2.75) is 11.3 Å². The van der Waals surface area contributed by atoms with Crippen LogP contribution in [0.15, 0.2) is 53.4 Å². The molecule has 0 atom stereocenters. The molecule has 0 aliphatic heterocycles. The third-order valence-electron chi connectivity index (χ3n) is 3.89. The van der Waals surface area contributed by atoms with Gasteiger partial charge in [0.15, 0.2) is 9.84 Å². The molecule has 0 aliphatic rings. The number of nitrogens with zero attached hydrogens (tertiary/aromatic N) is 1. The lowest BCUT2D eigenvalue weighted by molar-refractivity contribution is 0.268. The van der Waals surface area contributed by atoms with Crippen molar-refractivity contribution in [2.24, 2.45) is 0 Å². The molecule has 0 unspecified atom stereocenters. The minimum absolute atomic E-state index is 0.0613. The monoisotopic (exact) mass is 397 g/mol. The van der Waals surface area contributed by atoms with Gasteiger partial charge in [0.25, 0.3) is 0 Å². The number of ether oxygens (including phenoxy) is 2. The molecule has 0 aromatic heterocycles. The van der Waals surface area contributed by atoms with Crippen LogP contribution in [0.2, 0.25) is 5.02 Å². The van der Waals surface area contributed by atoms with E-state index in [9.17, 15) is 8.42 Å². The minimum atomic E-state index is -3.33. The van der Waals surface area contributed by atoms with Crippen LogP contribution < -0.4 is 9.47 Å². The zero-order valence-electron chi connectivity index (χ0n) is 15.0. The van der Waals surface area contributed by atoms with Crippen LogP contribution in [0, 0.1) is 0 Å². The molecule has 0 N–H and O–H groups in total. The molecule has 0 heterocycles. The van der Waals surface area contributed by atoms with E-state index >= 15 is 0 Å². The molecule has 0 aliphatic carbocycles. The van der Waals surface area contributed by atoms with E-state index in [1.165, 1.54) is 7.11 Å². The Bertz CT molecular complexity index is 811. The van der Waals surface area contributed by atoms with Crippen LogP contribution >= 0.6 is 11.6 Å². The van der Waals surface area contributed by atoms with E-state index in [-0.39, 0.29) is 10.6 Å². The van der Waals surface area contributed by atoms with E-state index in [1.807, 2.05) is 24.1 Å². The summed E-state index contributed by atoms with van der Waals surface area (Å²) in [5.74, 6) is 1.34. The SMILES string of the molecule is COc1cccc(S(=O)(=O)CCN(C)CCCOc2cccc(Cl)c2)c1. The Morgan fingerprint density at radius 3 is 2.50 bits per heavy atom. The van der Waals surface area contributed by atoms with Crippen LogP contribution in [0.5, 0.6) is 11.5 Å². The van der Waals surface area contributed by atoms with Crippen LogP contribution in [0.25, 0.3) is 0 Å². The molecule has 2 rings (SSSR count). The van der Waals surface area contributed by atoms with Gasteiger partial charge in [-0.3, -0.25) is 0 Å². The van der Waals surface area contributed by atoms with Gasteiger partial charge in [-0.1, -0.05) is 23.7 Å². The highest BCUT2D eigenvalue weighted by atomic mass is 35.5. The predicted molar refractivity (Wildman–Crippen MR) is 104 cm³/mol. The van der Waals surface area contributed by atoms with E-state index in [0.717, 1.165) is 18.7 Å². The van der Waals surface area contributed by atoms with Crippen LogP contribution in [-0.4, -0.2) is 52.9 Å². The second-order valence-electron chi connectivity index (χ2n) is 5.96. The maximum atomic E-state index is 12.4. The molecule has 142 valence electrons. The summed E-state index contributed by atoms with van der Waals surface area (Å²) in [7, 11) is 0.0882. The van der Waals surface area contributed by atoms with E-state index in [4.69, 9.17) is 21.1 Å². The zero-order valence-corrected chi connectivity index (χ0v) is 16.6. The first-order valence-electron chi connectivity index (χ1n) is 8.34. The van der Waals surface area contributed by atoms with Gasteiger partial charge >= 0.3 is 0 Å². The topological polar surface area (TPSA) is 55.8 Å². The second-order valence-corrected chi connectivity index (χ2v) is 8.51. The molecule has 5 nitrogen and oxygen atoms in total. The Morgan fingerprint density at radius 1 is 1.04 bits per heavy atom. The van der Waals surface area contributed by atoms with E-state index in [1.54, 1.807) is 36.4 Å². The molecular weight excluding hydrogens is 374 g/mol. The third-order valence-corrected chi connectivity index (χ3v) is 5.82. The molecule has 0 spiro atoms. The van der Waals surface area contributed by atoms with Crippen molar-refractivity contribution in [3.05, 3.63) is 53.6 Å². The lowest BCUT2D eigenvalue weighted by Gasteiger charge is -2.17. The number of hydrogen-bond donors (Lipinski definition) is 0. The van der Waals surface area contributed by atoms with Gasteiger partial charge in [-0.2, -0.15) is 0 Å². The molecule has 7 heteroatoms. The number of sulfone groups is 1. The lowest BCUT2D eigenvalue weighted by atomic mass is 10.3. The summed E-state index contributed by atoms with van der Waals surface area (Å²) in [6, 6.07) is 13.8. The number of rotatable bonds is 10. The van der Waals surface area contributed by atoms with Crippen molar-refractivity contribution in [2.75, 3.05) is 39.6 Å². The molecule has 0 fully saturated rings. The fourth-order valence-corrected chi connectivity index (χ4v) is 3.93. The Morgan fingerprint density at radius 2 is 1.77 bits per heavy atom. The average molecular weight is 398 g/mol. The van der Waals surface area contributed by atoms with Crippen LogP contribution in [0.1, 0.15) is 6.42 Å². The van der Waals surface area contributed by atoms with Gasteiger partial charge in [0.2, 0.25) is 0 Å². The number of hydrogen-bond acceptors (Lipinski definition) is 5. The summed E-state index contributed by atoms with van der Waals surface area (Å²) in [6.07, 6.45) is 0.794. The van der Waals surface area contributed by atoms with Gasteiger partial charge in [0, 0.05) is 18.1 Å². The first-order valence-corrected chi connectivity index (χ1v) is 10.4. The van der Waals surface area contributed by atoms with Crippen molar-refractivity contribution < 1.29 is 17.9 Å². The lowest BCUT2D eigenvalue weighted by Crippen LogP contribution is -2.27. The first-order chi connectivity index (χ1) is 12.4. The van der Waals surface area contributed by atoms with Crippen molar-refractivity contribution >= 4 is 21.4 Å². The number of methoxy groups -OCH3 is 1. The largest absolute Gasteiger partial charge is 0.497 e. The van der Waals surface area contributed by atoms with Gasteiger partial charge < -0.3 is 14.4 Å². The van der Waals surface area contributed by atoms with E-state index in [0.29, 0.717) is 23.9 Å². The van der Waals surface area contributed by atoms with E-state index in [2.05, 4.69) is 0 Å². The maximum Gasteiger partial charge on any atom is 0.179 e. The molecule has 0 saturated heterocycles. The van der Waals surface area contributed by atoms with E-state index < -0.39 is 9.84 Å². The van der Waals surface area contributed by atoms with Gasteiger partial charge in [0.05, 0.1) is 24.4 Å². The summed E-state index contributed by atoms with van der Waals surface area (Å²) >= 11 is 5.91. The summed E-state index contributed by atoms with van der Waals surface area (Å²) in [4.78, 5) is 2.27. The first kappa shape index (κ1) is 20.6. The fraction of sp³-hybridized carbons (Fsp3) is 0.368. The van der Waals surface area contributed by atoms with Gasteiger partial charge in [-0.05, 0) is 49.9 Å².